The number of para-hydroxylation sites is 1. The van der Waals surface area contributed by atoms with Crippen LogP contribution < -0.4 is 5.32 Å². The Balaban J connectivity index is 1.42. The van der Waals surface area contributed by atoms with Crippen LogP contribution in [0.5, 0.6) is 0 Å². The first-order valence-corrected chi connectivity index (χ1v) is 11.2. The number of amides is 1. The van der Waals surface area contributed by atoms with Crippen molar-refractivity contribution in [3.63, 3.8) is 0 Å². The standard InChI is InChI=1S/C25H26N2O4S/c1-16-8-9-19(12-18(16)3)22(28)10-11-25(30)31-14-20-15-32-24(26-20)13-23(29)27-21-7-5-4-6-17(21)2/h4-9,12,15H,10-11,13-14H2,1-3H3,(H,27,29). The lowest BCUT2D eigenvalue weighted by Gasteiger charge is -2.06. The van der Waals surface area contributed by atoms with Crippen molar-refractivity contribution in [1.82, 2.24) is 4.98 Å². The Bertz CT molecular complexity index is 1140. The van der Waals surface area contributed by atoms with Crippen LogP contribution in [-0.4, -0.2) is 22.6 Å². The molecule has 1 heterocycles. The minimum absolute atomic E-state index is 0.0155. The van der Waals surface area contributed by atoms with E-state index in [0.29, 0.717) is 16.3 Å². The Morgan fingerprint density at radius 3 is 2.50 bits per heavy atom. The average Bonchev–Trinajstić information content (AvgIpc) is 3.21. The minimum Gasteiger partial charge on any atom is -0.459 e. The van der Waals surface area contributed by atoms with Gasteiger partial charge in [0.2, 0.25) is 5.91 Å². The molecular formula is C25H26N2O4S. The van der Waals surface area contributed by atoms with Gasteiger partial charge in [-0.05, 0) is 49.6 Å². The maximum atomic E-state index is 12.3. The fourth-order valence-electron chi connectivity index (χ4n) is 3.04. The highest BCUT2D eigenvalue weighted by Crippen LogP contribution is 2.16. The first kappa shape index (κ1) is 23.3. The monoisotopic (exact) mass is 450 g/mol. The summed E-state index contributed by atoms with van der Waals surface area (Å²) >= 11 is 1.34. The molecule has 1 amide bonds. The summed E-state index contributed by atoms with van der Waals surface area (Å²) < 4.78 is 5.24. The number of aromatic nitrogens is 1. The number of hydrogen-bond donors (Lipinski definition) is 1. The maximum absolute atomic E-state index is 12.3. The molecule has 0 atom stereocenters. The lowest BCUT2D eigenvalue weighted by molar-refractivity contribution is -0.145. The first-order valence-electron chi connectivity index (χ1n) is 10.4. The third-order valence-corrected chi connectivity index (χ3v) is 5.99. The Kier molecular flexibility index (Phi) is 7.89. The van der Waals surface area contributed by atoms with Crippen molar-refractivity contribution in [2.45, 2.75) is 46.6 Å². The largest absolute Gasteiger partial charge is 0.459 e. The van der Waals surface area contributed by atoms with Gasteiger partial charge in [-0.3, -0.25) is 14.4 Å². The number of rotatable bonds is 9. The first-order chi connectivity index (χ1) is 15.3. The Labute approximate surface area is 191 Å². The molecule has 1 aromatic heterocycles. The van der Waals surface area contributed by atoms with Gasteiger partial charge in [0.05, 0.1) is 18.5 Å². The van der Waals surface area contributed by atoms with Crippen LogP contribution in [0.1, 0.15) is 50.6 Å². The molecule has 32 heavy (non-hydrogen) atoms. The fourth-order valence-corrected chi connectivity index (χ4v) is 3.82. The molecule has 0 bridgehead atoms. The van der Waals surface area contributed by atoms with E-state index >= 15 is 0 Å². The second-order valence-electron chi connectivity index (χ2n) is 7.66. The molecule has 2 aromatic carbocycles. The number of nitrogens with zero attached hydrogens (tertiary/aromatic N) is 1. The van der Waals surface area contributed by atoms with Crippen molar-refractivity contribution < 1.29 is 19.1 Å². The van der Waals surface area contributed by atoms with Crippen LogP contribution in [0.3, 0.4) is 0 Å². The Hall–Kier alpha value is -3.32. The van der Waals surface area contributed by atoms with E-state index in [1.165, 1.54) is 11.3 Å². The Morgan fingerprint density at radius 1 is 0.969 bits per heavy atom. The summed E-state index contributed by atoms with van der Waals surface area (Å²) in [6, 6.07) is 13.1. The van der Waals surface area contributed by atoms with E-state index in [2.05, 4.69) is 10.3 Å². The van der Waals surface area contributed by atoms with Crippen LogP contribution in [0.2, 0.25) is 0 Å². The van der Waals surface area contributed by atoms with Crippen LogP contribution in [0.15, 0.2) is 47.8 Å². The molecule has 1 N–H and O–H groups in total. The highest BCUT2D eigenvalue weighted by molar-refractivity contribution is 7.09. The molecule has 0 spiro atoms. The zero-order chi connectivity index (χ0) is 23.1. The number of esters is 1. The van der Waals surface area contributed by atoms with Gasteiger partial charge in [-0.2, -0.15) is 0 Å². The van der Waals surface area contributed by atoms with E-state index in [4.69, 9.17) is 4.74 Å². The highest BCUT2D eigenvalue weighted by atomic mass is 32.1. The van der Waals surface area contributed by atoms with Crippen LogP contribution in [0.4, 0.5) is 5.69 Å². The number of ketones is 1. The quantitative estimate of drug-likeness (QED) is 0.368. The van der Waals surface area contributed by atoms with Crippen LogP contribution >= 0.6 is 11.3 Å². The lowest BCUT2D eigenvalue weighted by Crippen LogP contribution is -2.15. The summed E-state index contributed by atoms with van der Waals surface area (Å²) in [4.78, 5) is 40.9. The van der Waals surface area contributed by atoms with Gasteiger partial charge >= 0.3 is 5.97 Å². The second-order valence-corrected chi connectivity index (χ2v) is 8.60. The number of carbonyl (C=O) groups excluding carboxylic acids is 3. The van der Waals surface area contributed by atoms with Gasteiger partial charge in [0, 0.05) is 23.1 Å². The fraction of sp³-hybridized carbons (Fsp3) is 0.280. The van der Waals surface area contributed by atoms with Gasteiger partial charge in [0.25, 0.3) is 0 Å². The van der Waals surface area contributed by atoms with E-state index in [-0.39, 0.29) is 37.6 Å². The van der Waals surface area contributed by atoms with Crippen molar-refractivity contribution in [1.29, 1.82) is 0 Å². The number of benzene rings is 2. The number of thiazole rings is 1. The van der Waals surface area contributed by atoms with Gasteiger partial charge in [-0.15, -0.1) is 11.3 Å². The minimum atomic E-state index is -0.450. The van der Waals surface area contributed by atoms with E-state index in [1.54, 1.807) is 11.4 Å². The summed E-state index contributed by atoms with van der Waals surface area (Å²) in [5.41, 5.74) is 5.13. The molecule has 6 nitrogen and oxygen atoms in total. The molecule has 0 aliphatic heterocycles. The van der Waals surface area contributed by atoms with Gasteiger partial charge < -0.3 is 10.1 Å². The van der Waals surface area contributed by atoms with Crippen LogP contribution in [0, 0.1) is 20.8 Å². The van der Waals surface area contributed by atoms with Crippen LogP contribution in [-0.2, 0) is 27.4 Å². The van der Waals surface area contributed by atoms with Gasteiger partial charge in [-0.1, -0.05) is 30.3 Å². The van der Waals surface area contributed by atoms with Crippen molar-refractivity contribution in [2.75, 3.05) is 5.32 Å². The summed E-state index contributed by atoms with van der Waals surface area (Å²) in [6.07, 6.45) is 0.266. The summed E-state index contributed by atoms with van der Waals surface area (Å²) in [5, 5.41) is 5.29. The molecule has 166 valence electrons. The third kappa shape index (κ3) is 6.59. The van der Waals surface area contributed by atoms with E-state index in [1.807, 2.05) is 57.2 Å². The molecule has 0 fully saturated rings. The van der Waals surface area contributed by atoms with E-state index < -0.39 is 5.97 Å². The molecule has 0 aliphatic rings. The second kappa shape index (κ2) is 10.8. The van der Waals surface area contributed by atoms with Crippen molar-refractivity contribution in [2.24, 2.45) is 0 Å². The number of aryl methyl sites for hydroxylation is 3. The molecule has 0 saturated heterocycles. The highest BCUT2D eigenvalue weighted by Gasteiger charge is 2.13. The zero-order valence-corrected chi connectivity index (χ0v) is 19.3. The van der Waals surface area contributed by atoms with Crippen molar-refractivity contribution in [3.8, 4) is 0 Å². The summed E-state index contributed by atoms with van der Waals surface area (Å²) in [7, 11) is 0. The molecule has 3 aromatic rings. The lowest BCUT2D eigenvalue weighted by atomic mass is 10.0. The average molecular weight is 451 g/mol. The van der Waals surface area contributed by atoms with Crippen molar-refractivity contribution >= 4 is 34.7 Å². The predicted molar refractivity (Wildman–Crippen MR) is 125 cm³/mol. The molecule has 0 radical (unpaired) electrons. The zero-order valence-electron chi connectivity index (χ0n) is 18.4. The predicted octanol–water partition coefficient (Wildman–Crippen LogP) is 4.96. The number of Topliss-reactive ketones (excluding diaryl/α,β-unsaturated/α-hetero) is 1. The third-order valence-electron chi connectivity index (χ3n) is 5.10. The molecular weight excluding hydrogens is 424 g/mol. The van der Waals surface area contributed by atoms with Gasteiger partial charge in [0.1, 0.15) is 11.6 Å². The number of ether oxygens (including phenoxy) is 1. The number of carbonyl (C=O) groups is 3. The normalized spacial score (nSPS) is 10.6. The molecule has 3 rings (SSSR count). The van der Waals surface area contributed by atoms with Crippen LogP contribution in [0.25, 0.3) is 0 Å². The topological polar surface area (TPSA) is 85.4 Å². The Morgan fingerprint density at radius 2 is 1.75 bits per heavy atom. The summed E-state index contributed by atoms with van der Waals surface area (Å²) in [6.45, 7) is 5.89. The number of nitrogens with one attached hydrogen (secondary N) is 1. The van der Waals surface area contributed by atoms with Crippen molar-refractivity contribution in [3.05, 3.63) is 80.8 Å². The van der Waals surface area contributed by atoms with E-state index in [9.17, 15) is 14.4 Å². The molecule has 0 saturated carbocycles. The van der Waals surface area contributed by atoms with Gasteiger partial charge in [0.15, 0.2) is 5.78 Å². The van der Waals surface area contributed by atoms with E-state index in [0.717, 1.165) is 22.4 Å². The SMILES string of the molecule is Cc1ccc(C(=O)CCC(=O)OCc2csc(CC(=O)Nc3ccccc3C)n2)cc1C. The van der Waals surface area contributed by atoms with Gasteiger partial charge in [-0.25, -0.2) is 4.98 Å². The summed E-state index contributed by atoms with van der Waals surface area (Å²) in [5.74, 6) is -0.684. The molecule has 0 unspecified atom stereocenters. The smallest absolute Gasteiger partial charge is 0.306 e. The molecule has 7 heteroatoms. The number of hydrogen-bond acceptors (Lipinski definition) is 6. The maximum Gasteiger partial charge on any atom is 0.306 e. The number of anilines is 1. The molecule has 0 aliphatic carbocycles.